The van der Waals surface area contributed by atoms with Crippen molar-refractivity contribution in [2.75, 3.05) is 38.1 Å². The average molecular weight is 302 g/mol. The van der Waals surface area contributed by atoms with Crippen molar-refractivity contribution in [2.45, 2.75) is 12.5 Å². The first-order chi connectivity index (χ1) is 10.6. The van der Waals surface area contributed by atoms with Crippen LogP contribution in [0, 0.1) is 5.92 Å². The Balaban J connectivity index is 1.90. The Morgan fingerprint density at radius 1 is 1.23 bits per heavy atom. The number of benzene rings is 1. The predicted molar refractivity (Wildman–Crippen MR) is 84.3 cm³/mol. The highest BCUT2D eigenvalue weighted by molar-refractivity contribution is 6.02. The van der Waals surface area contributed by atoms with Gasteiger partial charge in [-0.05, 0) is 37.6 Å². The molecule has 6 nitrogen and oxygen atoms in total. The molecule has 0 radical (unpaired) electrons. The Kier molecular flexibility index (Phi) is 4.13. The summed E-state index contributed by atoms with van der Waals surface area (Å²) in [6.07, 6.45) is 1.01. The Morgan fingerprint density at radius 2 is 1.91 bits per heavy atom. The summed E-state index contributed by atoms with van der Waals surface area (Å²) in [7, 11) is 2.10. The van der Waals surface area contributed by atoms with Crippen molar-refractivity contribution in [1.29, 1.82) is 0 Å². The first kappa shape index (κ1) is 15.0. The molecule has 2 saturated heterocycles. The molecule has 6 heteroatoms. The van der Waals surface area contributed by atoms with E-state index >= 15 is 0 Å². The number of nitrogens with one attached hydrogen (secondary N) is 1. The van der Waals surface area contributed by atoms with Gasteiger partial charge in [0.1, 0.15) is 0 Å². The van der Waals surface area contributed by atoms with E-state index in [1.807, 2.05) is 23.1 Å². The van der Waals surface area contributed by atoms with Gasteiger partial charge in [-0.25, -0.2) is 0 Å². The van der Waals surface area contributed by atoms with Crippen molar-refractivity contribution >= 4 is 17.5 Å². The van der Waals surface area contributed by atoms with Crippen LogP contribution in [-0.4, -0.2) is 49.9 Å². The number of hydrogen-bond donors (Lipinski definition) is 2. The van der Waals surface area contributed by atoms with E-state index < -0.39 is 0 Å². The zero-order valence-electron chi connectivity index (χ0n) is 12.8. The molecule has 2 heterocycles. The lowest BCUT2D eigenvalue weighted by Gasteiger charge is -2.32. The second kappa shape index (κ2) is 6.06. The minimum atomic E-state index is -0.245. The van der Waals surface area contributed by atoms with Crippen molar-refractivity contribution < 1.29 is 9.59 Å². The van der Waals surface area contributed by atoms with Crippen LogP contribution >= 0.6 is 0 Å². The van der Waals surface area contributed by atoms with Gasteiger partial charge < -0.3 is 10.6 Å². The topological polar surface area (TPSA) is 78.7 Å². The van der Waals surface area contributed by atoms with Gasteiger partial charge in [-0.15, -0.1) is 0 Å². The summed E-state index contributed by atoms with van der Waals surface area (Å²) in [5.41, 5.74) is 7.96. The molecule has 2 amide bonds. The Morgan fingerprint density at radius 3 is 2.55 bits per heavy atom. The van der Waals surface area contributed by atoms with E-state index in [2.05, 4.69) is 23.3 Å². The van der Waals surface area contributed by atoms with Crippen molar-refractivity contribution in [3.8, 4) is 0 Å². The highest BCUT2D eigenvalue weighted by Gasteiger charge is 2.33. The normalized spacial score (nSPS) is 26.4. The molecule has 2 aliphatic heterocycles. The molecule has 0 spiro atoms. The zero-order valence-corrected chi connectivity index (χ0v) is 12.8. The number of nitrogens with zero attached hydrogens (tertiary/aromatic N) is 2. The number of hydrogen-bond acceptors (Lipinski definition) is 5. The van der Waals surface area contributed by atoms with Crippen LogP contribution in [0.1, 0.15) is 18.0 Å². The highest BCUT2D eigenvalue weighted by Crippen LogP contribution is 2.38. The smallest absolute Gasteiger partial charge is 0.246 e. The maximum absolute atomic E-state index is 11.7. The number of anilines is 1. The zero-order chi connectivity index (χ0) is 15.7. The number of likely N-dealkylation sites (tertiary alicyclic amines) is 1. The number of amides is 2. The molecule has 2 atom stereocenters. The van der Waals surface area contributed by atoms with Crippen LogP contribution in [0.4, 0.5) is 5.69 Å². The van der Waals surface area contributed by atoms with Crippen molar-refractivity contribution in [3.05, 3.63) is 29.8 Å². The third-order valence-corrected chi connectivity index (χ3v) is 4.55. The van der Waals surface area contributed by atoms with E-state index in [1.54, 1.807) is 0 Å². The summed E-state index contributed by atoms with van der Waals surface area (Å²) in [6, 6.07) is 8.32. The second-order valence-electron chi connectivity index (χ2n) is 6.18. The van der Waals surface area contributed by atoms with Gasteiger partial charge in [0, 0.05) is 18.3 Å². The van der Waals surface area contributed by atoms with E-state index in [0.717, 1.165) is 18.7 Å². The quantitative estimate of drug-likeness (QED) is 0.774. The predicted octanol–water partition coefficient (Wildman–Crippen LogP) is 0.101. The molecule has 118 valence electrons. The average Bonchev–Trinajstić information content (AvgIpc) is 2.87. The number of rotatable bonds is 3. The molecular formula is C16H22N4O2. The molecule has 0 bridgehead atoms. The SMILES string of the molecule is CN1CC(CN)CC1c1ccccc1N1CC(=O)NC(=O)C1. The molecule has 1 aromatic carbocycles. The van der Waals surface area contributed by atoms with Crippen LogP contribution in [-0.2, 0) is 9.59 Å². The van der Waals surface area contributed by atoms with Crippen molar-refractivity contribution in [1.82, 2.24) is 10.2 Å². The van der Waals surface area contributed by atoms with Crippen LogP contribution in [0.15, 0.2) is 24.3 Å². The van der Waals surface area contributed by atoms with E-state index in [0.29, 0.717) is 12.5 Å². The molecule has 0 saturated carbocycles. The largest absolute Gasteiger partial charge is 0.353 e. The monoisotopic (exact) mass is 302 g/mol. The van der Waals surface area contributed by atoms with Crippen LogP contribution < -0.4 is 16.0 Å². The van der Waals surface area contributed by atoms with Gasteiger partial charge in [-0.3, -0.25) is 19.8 Å². The lowest BCUT2D eigenvalue weighted by Crippen LogP contribution is -2.51. The van der Waals surface area contributed by atoms with Crippen molar-refractivity contribution in [2.24, 2.45) is 11.7 Å². The van der Waals surface area contributed by atoms with E-state index in [-0.39, 0.29) is 30.9 Å². The summed E-state index contributed by atoms with van der Waals surface area (Å²) >= 11 is 0. The van der Waals surface area contributed by atoms with Gasteiger partial charge in [0.25, 0.3) is 0 Å². The molecule has 3 rings (SSSR count). The van der Waals surface area contributed by atoms with Crippen molar-refractivity contribution in [3.63, 3.8) is 0 Å². The Labute approximate surface area is 130 Å². The summed E-state index contributed by atoms with van der Waals surface area (Å²) in [5, 5.41) is 2.35. The van der Waals surface area contributed by atoms with Crippen LogP contribution in [0.25, 0.3) is 0 Å². The van der Waals surface area contributed by atoms with Gasteiger partial charge in [0.15, 0.2) is 0 Å². The van der Waals surface area contributed by atoms with Gasteiger partial charge >= 0.3 is 0 Å². The molecule has 22 heavy (non-hydrogen) atoms. The molecular weight excluding hydrogens is 280 g/mol. The van der Waals surface area contributed by atoms with Crippen LogP contribution in [0.2, 0.25) is 0 Å². The van der Waals surface area contributed by atoms with Gasteiger partial charge in [-0.1, -0.05) is 18.2 Å². The van der Waals surface area contributed by atoms with E-state index in [1.165, 1.54) is 5.56 Å². The third-order valence-electron chi connectivity index (χ3n) is 4.55. The molecule has 3 N–H and O–H groups in total. The number of imide groups is 1. The van der Waals surface area contributed by atoms with E-state index in [9.17, 15) is 9.59 Å². The van der Waals surface area contributed by atoms with Gasteiger partial charge in [-0.2, -0.15) is 0 Å². The Hall–Kier alpha value is -1.92. The minimum Gasteiger partial charge on any atom is -0.353 e. The number of piperazine rings is 1. The summed E-state index contributed by atoms with van der Waals surface area (Å²) in [5.74, 6) is 0.00525. The minimum absolute atomic E-state index is 0.222. The first-order valence-corrected chi connectivity index (χ1v) is 7.65. The lowest BCUT2D eigenvalue weighted by atomic mass is 9.97. The second-order valence-corrected chi connectivity index (χ2v) is 6.18. The van der Waals surface area contributed by atoms with Crippen LogP contribution in [0.5, 0.6) is 0 Å². The Bertz CT molecular complexity index is 573. The molecule has 2 unspecified atom stereocenters. The highest BCUT2D eigenvalue weighted by atomic mass is 16.2. The molecule has 2 fully saturated rings. The standard InChI is InChI=1S/C16H22N4O2/c1-19-8-11(7-17)6-14(19)12-4-2-3-5-13(12)20-9-15(21)18-16(22)10-20/h2-5,11,14H,6-10,17H2,1H3,(H,18,21,22). The molecule has 0 aromatic heterocycles. The van der Waals surface area contributed by atoms with Gasteiger partial charge in [0.2, 0.25) is 11.8 Å². The fourth-order valence-corrected chi connectivity index (χ4v) is 3.50. The number of para-hydroxylation sites is 1. The fourth-order valence-electron chi connectivity index (χ4n) is 3.50. The van der Waals surface area contributed by atoms with E-state index in [4.69, 9.17) is 5.73 Å². The van der Waals surface area contributed by atoms with Gasteiger partial charge in [0.05, 0.1) is 13.1 Å². The summed E-state index contributed by atoms with van der Waals surface area (Å²) in [4.78, 5) is 27.5. The first-order valence-electron chi connectivity index (χ1n) is 7.65. The third kappa shape index (κ3) is 2.84. The summed E-state index contributed by atoms with van der Waals surface area (Å²) in [6.45, 7) is 2.11. The molecule has 2 aliphatic rings. The van der Waals surface area contributed by atoms with Crippen LogP contribution in [0.3, 0.4) is 0 Å². The fraction of sp³-hybridized carbons (Fsp3) is 0.500. The summed E-state index contributed by atoms with van der Waals surface area (Å²) < 4.78 is 0. The maximum atomic E-state index is 11.7. The lowest BCUT2D eigenvalue weighted by molar-refractivity contribution is -0.130. The molecule has 0 aliphatic carbocycles. The number of carbonyl (C=O) groups is 2. The number of nitrogens with two attached hydrogens (primary N) is 1. The molecule has 1 aromatic rings. The maximum Gasteiger partial charge on any atom is 0.246 e. The number of carbonyl (C=O) groups excluding carboxylic acids is 2.